The summed E-state index contributed by atoms with van der Waals surface area (Å²) < 4.78 is 0. The van der Waals surface area contributed by atoms with Crippen LogP contribution in [0.15, 0.2) is 24.5 Å². The molecule has 3 rings (SSSR count). The number of hydrogen-bond acceptors (Lipinski definition) is 6. The second-order valence-electron chi connectivity index (χ2n) is 7.29. The van der Waals surface area contributed by atoms with E-state index in [-0.39, 0.29) is 30.2 Å². The SMILES string of the molecule is Cc1cc(C)c(C2C(=O)CC(CCNC(=O)c3nccnc3O)C2=O)c(C)c1. The lowest BCUT2D eigenvalue weighted by molar-refractivity contribution is -0.124. The van der Waals surface area contributed by atoms with Gasteiger partial charge in [0.15, 0.2) is 11.5 Å². The number of carbonyl (C=O) groups is 3. The zero-order chi connectivity index (χ0) is 20.4. The van der Waals surface area contributed by atoms with Gasteiger partial charge in [-0.25, -0.2) is 9.97 Å². The maximum atomic E-state index is 12.9. The summed E-state index contributed by atoms with van der Waals surface area (Å²) in [6, 6.07) is 3.98. The number of ketones is 2. The highest BCUT2D eigenvalue weighted by molar-refractivity contribution is 6.15. The summed E-state index contributed by atoms with van der Waals surface area (Å²) in [6.45, 7) is 6.05. The summed E-state index contributed by atoms with van der Waals surface area (Å²) >= 11 is 0. The van der Waals surface area contributed by atoms with Gasteiger partial charge in [0, 0.05) is 31.3 Å². The van der Waals surface area contributed by atoms with E-state index in [2.05, 4.69) is 15.3 Å². The second-order valence-corrected chi connectivity index (χ2v) is 7.29. The molecule has 2 atom stereocenters. The molecule has 7 nitrogen and oxygen atoms in total. The molecule has 7 heteroatoms. The number of Topliss-reactive ketones (excluding diaryl/α,β-unsaturated/α-hetero) is 2. The summed E-state index contributed by atoms with van der Waals surface area (Å²) in [4.78, 5) is 45.0. The molecule has 2 unspecified atom stereocenters. The number of amides is 1. The molecule has 0 radical (unpaired) electrons. The van der Waals surface area contributed by atoms with Crippen LogP contribution in [-0.4, -0.2) is 39.1 Å². The molecule has 2 aromatic rings. The number of aromatic nitrogens is 2. The number of rotatable bonds is 5. The summed E-state index contributed by atoms with van der Waals surface area (Å²) in [7, 11) is 0. The zero-order valence-electron chi connectivity index (χ0n) is 16.2. The third-order valence-electron chi connectivity index (χ3n) is 5.16. The predicted molar refractivity (Wildman–Crippen MR) is 102 cm³/mol. The van der Waals surface area contributed by atoms with Gasteiger partial charge in [0.05, 0.1) is 0 Å². The van der Waals surface area contributed by atoms with Gasteiger partial charge in [-0.2, -0.15) is 0 Å². The molecule has 1 amide bonds. The van der Waals surface area contributed by atoms with E-state index in [0.717, 1.165) is 22.3 Å². The lowest BCUT2D eigenvalue weighted by atomic mass is 9.86. The Morgan fingerprint density at radius 1 is 1.14 bits per heavy atom. The van der Waals surface area contributed by atoms with Gasteiger partial charge in [0.1, 0.15) is 11.7 Å². The van der Waals surface area contributed by atoms with Gasteiger partial charge in [0.2, 0.25) is 5.88 Å². The Kier molecular flexibility index (Phi) is 5.53. The van der Waals surface area contributed by atoms with Gasteiger partial charge in [-0.05, 0) is 43.9 Å². The number of benzene rings is 1. The van der Waals surface area contributed by atoms with Crippen molar-refractivity contribution in [2.75, 3.05) is 6.54 Å². The normalized spacial score (nSPS) is 19.1. The number of aryl methyl sites for hydroxylation is 3. The minimum absolute atomic E-state index is 0.0667. The Labute approximate surface area is 163 Å². The number of nitrogens with zero attached hydrogens (tertiary/aromatic N) is 2. The third-order valence-corrected chi connectivity index (χ3v) is 5.16. The van der Waals surface area contributed by atoms with Crippen LogP contribution in [0.4, 0.5) is 0 Å². The van der Waals surface area contributed by atoms with Crippen molar-refractivity contribution in [3.8, 4) is 5.88 Å². The molecule has 1 aromatic carbocycles. The van der Waals surface area contributed by atoms with Crippen molar-refractivity contribution in [2.45, 2.75) is 39.5 Å². The molecule has 28 heavy (non-hydrogen) atoms. The molecule has 1 saturated carbocycles. The quantitative estimate of drug-likeness (QED) is 0.768. The maximum absolute atomic E-state index is 12.9. The molecule has 1 fully saturated rings. The van der Waals surface area contributed by atoms with Crippen molar-refractivity contribution in [2.24, 2.45) is 5.92 Å². The van der Waals surface area contributed by atoms with Crippen molar-refractivity contribution in [3.05, 3.63) is 52.5 Å². The van der Waals surface area contributed by atoms with Crippen molar-refractivity contribution < 1.29 is 19.5 Å². The molecule has 1 aromatic heterocycles. The van der Waals surface area contributed by atoms with E-state index in [1.807, 2.05) is 32.9 Å². The molecule has 1 aliphatic carbocycles. The van der Waals surface area contributed by atoms with Gasteiger partial charge in [0.25, 0.3) is 5.91 Å². The van der Waals surface area contributed by atoms with E-state index < -0.39 is 23.6 Å². The first-order valence-corrected chi connectivity index (χ1v) is 9.22. The first-order chi connectivity index (χ1) is 13.3. The first-order valence-electron chi connectivity index (χ1n) is 9.22. The van der Waals surface area contributed by atoms with Crippen molar-refractivity contribution >= 4 is 17.5 Å². The highest BCUT2D eigenvalue weighted by atomic mass is 16.3. The topological polar surface area (TPSA) is 109 Å². The summed E-state index contributed by atoms with van der Waals surface area (Å²) in [5.41, 5.74) is 3.66. The Morgan fingerprint density at radius 2 is 1.79 bits per heavy atom. The standard InChI is InChI=1S/C21H23N3O4/c1-11-8-12(2)16(13(3)9-11)17-15(25)10-14(19(17)26)4-5-23-20(27)18-21(28)24-7-6-22-18/h6-9,14,17H,4-5,10H2,1-3H3,(H,23,27)(H,24,28). The van der Waals surface area contributed by atoms with Gasteiger partial charge in [-0.15, -0.1) is 0 Å². The smallest absolute Gasteiger partial charge is 0.275 e. The summed E-state index contributed by atoms with van der Waals surface area (Å²) in [5, 5.41) is 12.2. The van der Waals surface area contributed by atoms with E-state index in [4.69, 9.17) is 0 Å². The molecule has 0 saturated heterocycles. The van der Waals surface area contributed by atoms with Crippen LogP contribution in [-0.2, 0) is 9.59 Å². The van der Waals surface area contributed by atoms with Crippen molar-refractivity contribution in [1.82, 2.24) is 15.3 Å². The van der Waals surface area contributed by atoms with Crippen LogP contribution >= 0.6 is 0 Å². The van der Waals surface area contributed by atoms with E-state index in [0.29, 0.717) is 6.42 Å². The third kappa shape index (κ3) is 3.78. The monoisotopic (exact) mass is 381 g/mol. The van der Waals surface area contributed by atoms with Crippen LogP contribution in [0.3, 0.4) is 0 Å². The minimum Gasteiger partial charge on any atom is -0.492 e. The maximum Gasteiger partial charge on any atom is 0.275 e. The minimum atomic E-state index is -0.717. The van der Waals surface area contributed by atoms with Crippen molar-refractivity contribution in [1.29, 1.82) is 0 Å². The van der Waals surface area contributed by atoms with Crippen LogP contribution in [0.2, 0.25) is 0 Å². The highest BCUT2D eigenvalue weighted by Gasteiger charge is 2.42. The Hall–Kier alpha value is -3.09. The van der Waals surface area contributed by atoms with Gasteiger partial charge in [-0.3, -0.25) is 14.4 Å². The molecule has 0 bridgehead atoms. The van der Waals surface area contributed by atoms with Gasteiger partial charge in [-0.1, -0.05) is 17.7 Å². The largest absolute Gasteiger partial charge is 0.492 e. The Morgan fingerprint density at radius 3 is 2.43 bits per heavy atom. The first kappa shape index (κ1) is 19.7. The zero-order valence-corrected chi connectivity index (χ0v) is 16.2. The van der Waals surface area contributed by atoms with E-state index in [1.165, 1.54) is 12.4 Å². The van der Waals surface area contributed by atoms with Crippen LogP contribution in [0, 0.1) is 26.7 Å². The molecular formula is C21H23N3O4. The van der Waals surface area contributed by atoms with E-state index in [1.54, 1.807) is 0 Å². The van der Waals surface area contributed by atoms with Crippen molar-refractivity contribution in [3.63, 3.8) is 0 Å². The van der Waals surface area contributed by atoms with E-state index in [9.17, 15) is 19.5 Å². The Bertz CT molecular complexity index is 931. The average molecular weight is 381 g/mol. The molecule has 0 aliphatic heterocycles. The average Bonchev–Trinajstić information content (AvgIpc) is 2.89. The molecule has 1 aliphatic rings. The lowest BCUT2D eigenvalue weighted by Crippen LogP contribution is -2.28. The molecular weight excluding hydrogens is 358 g/mol. The number of nitrogens with one attached hydrogen (secondary N) is 1. The molecule has 146 valence electrons. The Balaban J connectivity index is 1.66. The summed E-state index contributed by atoms with van der Waals surface area (Å²) in [6.07, 6.45) is 3.13. The fraction of sp³-hybridized carbons (Fsp3) is 0.381. The molecule has 2 N–H and O–H groups in total. The summed E-state index contributed by atoms with van der Waals surface area (Å²) in [5.74, 6) is -2.31. The van der Waals surface area contributed by atoms with Crippen LogP contribution in [0.1, 0.15) is 51.5 Å². The number of carbonyl (C=O) groups excluding carboxylic acids is 3. The van der Waals surface area contributed by atoms with Gasteiger partial charge < -0.3 is 10.4 Å². The number of hydrogen-bond donors (Lipinski definition) is 2. The predicted octanol–water partition coefficient (Wildman–Crippen LogP) is 2.17. The number of aromatic hydroxyl groups is 1. The molecule has 1 heterocycles. The van der Waals surface area contributed by atoms with Crippen LogP contribution in [0.5, 0.6) is 5.88 Å². The fourth-order valence-corrected chi connectivity index (χ4v) is 3.98. The van der Waals surface area contributed by atoms with Gasteiger partial charge >= 0.3 is 0 Å². The van der Waals surface area contributed by atoms with Crippen LogP contribution < -0.4 is 5.32 Å². The molecule has 0 spiro atoms. The second kappa shape index (κ2) is 7.88. The van der Waals surface area contributed by atoms with E-state index >= 15 is 0 Å². The van der Waals surface area contributed by atoms with Crippen LogP contribution in [0.25, 0.3) is 0 Å². The lowest BCUT2D eigenvalue weighted by Gasteiger charge is -2.16. The fourth-order valence-electron chi connectivity index (χ4n) is 3.98. The highest BCUT2D eigenvalue weighted by Crippen LogP contribution is 2.37.